The van der Waals surface area contributed by atoms with Crippen LogP contribution in [0.5, 0.6) is 5.88 Å². The van der Waals surface area contributed by atoms with Gasteiger partial charge in [-0.2, -0.15) is 0 Å². The maximum atomic E-state index is 11.5. The van der Waals surface area contributed by atoms with Crippen molar-refractivity contribution in [1.82, 2.24) is 9.97 Å². The fourth-order valence-corrected chi connectivity index (χ4v) is 1.81. The van der Waals surface area contributed by atoms with E-state index in [4.69, 9.17) is 9.47 Å². The Morgan fingerprint density at radius 3 is 2.60 bits per heavy atom. The van der Waals surface area contributed by atoms with Crippen molar-refractivity contribution in [2.45, 2.75) is 6.92 Å². The van der Waals surface area contributed by atoms with Crippen LogP contribution in [0.2, 0.25) is 0 Å². The highest BCUT2D eigenvalue weighted by Crippen LogP contribution is 2.26. The molecule has 0 aliphatic carbocycles. The number of rotatable bonds is 4. The van der Waals surface area contributed by atoms with E-state index in [1.807, 2.05) is 18.9 Å². The molecule has 0 saturated carbocycles. The zero-order valence-corrected chi connectivity index (χ0v) is 12.0. The summed E-state index contributed by atoms with van der Waals surface area (Å²) in [6.45, 7) is 2.81. The summed E-state index contributed by atoms with van der Waals surface area (Å²) in [5.41, 5.74) is 1.74. The Morgan fingerprint density at radius 2 is 2.00 bits per heavy atom. The zero-order valence-electron chi connectivity index (χ0n) is 12.0. The zero-order chi connectivity index (χ0) is 14.7. The van der Waals surface area contributed by atoms with Gasteiger partial charge in [-0.3, -0.25) is 0 Å². The minimum atomic E-state index is -0.401. The lowest BCUT2D eigenvalue weighted by Gasteiger charge is -2.18. The molecule has 1 aromatic heterocycles. The molecule has 0 spiro atoms. The number of benzene rings is 1. The minimum Gasteiger partial charge on any atom is -0.478 e. The largest absolute Gasteiger partial charge is 0.478 e. The van der Waals surface area contributed by atoms with Gasteiger partial charge in [0.25, 0.3) is 5.88 Å². The minimum absolute atomic E-state index is 0.401. The van der Waals surface area contributed by atoms with Crippen LogP contribution in [-0.4, -0.2) is 43.7 Å². The van der Waals surface area contributed by atoms with E-state index >= 15 is 0 Å². The molecule has 0 aliphatic rings. The summed E-state index contributed by atoms with van der Waals surface area (Å²) < 4.78 is 9.97. The van der Waals surface area contributed by atoms with E-state index in [0.717, 1.165) is 6.54 Å². The molecule has 0 unspecified atom stereocenters. The van der Waals surface area contributed by atoms with Crippen molar-refractivity contribution in [3.05, 3.63) is 23.8 Å². The summed E-state index contributed by atoms with van der Waals surface area (Å²) in [6.07, 6.45) is 0. The van der Waals surface area contributed by atoms with Crippen LogP contribution in [0.15, 0.2) is 18.2 Å². The summed E-state index contributed by atoms with van der Waals surface area (Å²) in [7, 11) is 4.81. The second-order valence-electron chi connectivity index (χ2n) is 4.27. The van der Waals surface area contributed by atoms with Gasteiger partial charge in [-0.25, -0.2) is 14.8 Å². The number of carbonyl (C=O) groups is 1. The van der Waals surface area contributed by atoms with Crippen LogP contribution in [0, 0.1) is 0 Å². The van der Waals surface area contributed by atoms with E-state index in [0.29, 0.717) is 28.3 Å². The Kier molecular flexibility index (Phi) is 4.02. The second-order valence-corrected chi connectivity index (χ2v) is 4.27. The van der Waals surface area contributed by atoms with Gasteiger partial charge in [-0.15, -0.1) is 0 Å². The molecule has 6 nitrogen and oxygen atoms in total. The van der Waals surface area contributed by atoms with Gasteiger partial charge in [0.2, 0.25) is 0 Å². The summed E-state index contributed by atoms with van der Waals surface area (Å²) in [5.74, 6) is 0.708. The monoisotopic (exact) mass is 275 g/mol. The van der Waals surface area contributed by atoms with E-state index < -0.39 is 5.97 Å². The molecule has 0 fully saturated rings. The van der Waals surface area contributed by atoms with E-state index in [2.05, 4.69) is 9.97 Å². The Balaban J connectivity index is 2.58. The molecule has 2 rings (SSSR count). The average molecular weight is 275 g/mol. The molecule has 0 saturated heterocycles. The normalized spacial score (nSPS) is 10.4. The third kappa shape index (κ3) is 2.49. The van der Waals surface area contributed by atoms with Crippen LogP contribution in [0.4, 0.5) is 5.82 Å². The molecule has 1 heterocycles. The highest BCUT2D eigenvalue weighted by atomic mass is 16.5. The molecule has 2 aromatic rings. The van der Waals surface area contributed by atoms with Gasteiger partial charge in [-0.1, -0.05) is 0 Å². The number of anilines is 1. The van der Waals surface area contributed by atoms with Crippen LogP contribution in [0.25, 0.3) is 11.0 Å². The molecule has 0 aliphatic heterocycles. The summed E-state index contributed by atoms with van der Waals surface area (Å²) >= 11 is 0. The number of fused-ring (bicyclic) bond motifs is 1. The molecule has 1 aromatic carbocycles. The molecule has 106 valence electrons. The Morgan fingerprint density at radius 1 is 1.25 bits per heavy atom. The first-order valence-corrected chi connectivity index (χ1v) is 6.26. The number of hydrogen-bond acceptors (Lipinski definition) is 6. The van der Waals surface area contributed by atoms with Crippen LogP contribution >= 0.6 is 0 Å². The van der Waals surface area contributed by atoms with Gasteiger partial charge < -0.3 is 14.4 Å². The Bertz CT molecular complexity index is 643. The van der Waals surface area contributed by atoms with Crippen molar-refractivity contribution in [1.29, 1.82) is 0 Å². The number of carbonyl (C=O) groups excluding carboxylic acids is 1. The lowest BCUT2D eigenvalue weighted by Crippen LogP contribution is -2.18. The van der Waals surface area contributed by atoms with E-state index in [-0.39, 0.29) is 0 Å². The quantitative estimate of drug-likeness (QED) is 0.794. The van der Waals surface area contributed by atoms with E-state index in [1.54, 1.807) is 25.3 Å². The predicted molar refractivity (Wildman–Crippen MR) is 76.4 cm³/mol. The van der Waals surface area contributed by atoms with Crippen LogP contribution in [0.1, 0.15) is 17.3 Å². The predicted octanol–water partition coefficient (Wildman–Crippen LogP) is 1.88. The third-order valence-corrected chi connectivity index (χ3v) is 3.07. The lowest BCUT2D eigenvalue weighted by atomic mass is 10.2. The molecule has 0 bridgehead atoms. The number of methoxy groups -OCH3 is 2. The Labute approximate surface area is 117 Å². The summed E-state index contributed by atoms with van der Waals surface area (Å²) in [6, 6.07) is 5.07. The maximum absolute atomic E-state index is 11.5. The number of hydrogen-bond donors (Lipinski definition) is 0. The Hall–Kier alpha value is -2.37. The highest BCUT2D eigenvalue weighted by Gasteiger charge is 2.14. The van der Waals surface area contributed by atoms with Crippen LogP contribution in [0.3, 0.4) is 0 Å². The average Bonchev–Trinajstić information content (AvgIpc) is 2.51. The first-order chi connectivity index (χ1) is 9.60. The fraction of sp³-hybridized carbons (Fsp3) is 0.357. The topological polar surface area (TPSA) is 64.6 Å². The molecule has 6 heteroatoms. The molecule has 0 atom stereocenters. The SMILES string of the molecule is CCN(C)c1nc2ccc(C(=O)OC)cc2nc1OC. The molecule has 20 heavy (non-hydrogen) atoms. The van der Waals surface area contributed by atoms with Crippen molar-refractivity contribution < 1.29 is 14.3 Å². The van der Waals surface area contributed by atoms with Gasteiger partial charge in [0.1, 0.15) is 0 Å². The second kappa shape index (κ2) is 5.73. The molecule has 0 radical (unpaired) electrons. The number of nitrogens with zero attached hydrogens (tertiary/aromatic N) is 3. The number of aromatic nitrogens is 2. The highest BCUT2D eigenvalue weighted by molar-refractivity contribution is 5.93. The third-order valence-electron chi connectivity index (χ3n) is 3.07. The maximum Gasteiger partial charge on any atom is 0.337 e. The first kappa shape index (κ1) is 14.0. The van der Waals surface area contributed by atoms with Crippen molar-refractivity contribution in [3.63, 3.8) is 0 Å². The van der Waals surface area contributed by atoms with Gasteiger partial charge in [0.05, 0.1) is 30.8 Å². The van der Waals surface area contributed by atoms with Crippen molar-refractivity contribution in [3.8, 4) is 5.88 Å². The summed E-state index contributed by atoms with van der Waals surface area (Å²) in [5, 5.41) is 0. The van der Waals surface area contributed by atoms with Crippen molar-refractivity contribution in [2.24, 2.45) is 0 Å². The first-order valence-electron chi connectivity index (χ1n) is 6.26. The number of ether oxygens (including phenoxy) is 2. The van der Waals surface area contributed by atoms with Crippen molar-refractivity contribution >= 4 is 22.8 Å². The molecule has 0 N–H and O–H groups in total. The van der Waals surface area contributed by atoms with Gasteiger partial charge >= 0.3 is 5.97 Å². The van der Waals surface area contributed by atoms with E-state index in [9.17, 15) is 4.79 Å². The molecule has 0 amide bonds. The van der Waals surface area contributed by atoms with Crippen LogP contribution < -0.4 is 9.64 Å². The van der Waals surface area contributed by atoms with Gasteiger partial charge in [-0.05, 0) is 25.1 Å². The van der Waals surface area contributed by atoms with E-state index in [1.165, 1.54) is 7.11 Å². The molecular weight excluding hydrogens is 258 g/mol. The smallest absolute Gasteiger partial charge is 0.337 e. The van der Waals surface area contributed by atoms with Gasteiger partial charge in [0.15, 0.2) is 5.82 Å². The fourth-order valence-electron chi connectivity index (χ4n) is 1.81. The molecular formula is C14H17N3O3. The van der Waals surface area contributed by atoms with Crippen molar-refractivity contribution in [2.75, 3.05) is 32.7 Å². The van der Waals surface area contributed by atoms with Crippen LogP contribution in [-0.2, 0) is 4.74 Å². The van der Waals surface area contributed by atoms with Gasteiger partial charge in [0, 0.05) is 13.6 Å². The number of esters is 1. The summed E-state index contributed by atoms with van der Waals surface area (Å²) in [4.78, 5) is 22.4. The standard InChI is InChI=1S/C14H17N3O3/c1-5-17(2)12-13(19-3)16-11-8-9(14(18)20-4)6-7-10(11)15-12/h6-8H,5H2,1-4H3. The lowest BCUT2D eigenvalue weighted by molar-refractivity contribution is 0.0601.